The van der Waals surface area contributed by atoms with Gasteiger partial charge in [-0.15, -0.1) is 0 Å². The summed E-state index contributed by atoms with van der Waals surface area (Å²) in [7, 11) is 0. The maximum atomic E-state index is 5.32. The molecule has 0 heterocycles. The molecule has 2 atom stereocenters. The highest BCUT2D eigenvalue weighted by molar-refractivity contribution is 4.73. The second-order valence-corrected chi connectivity index (χ2v) is 3.08. The summed E-state index contributed by atoms with van der Waals surface area (Å²) in [5.41, 5.74) is 10.6. The van der Waals surface area contributed by atoms with Crippen LogP contribution >= 0.6 is 0 Å². The SMILES string of the molecule is NCOC1CCCC(OCN)C1. The molecule has 0 spiro atoms. The zero-order chi connectivity index (χ0) is 8.81. The molecular weight excluding hydrogens is 156 g/mol. The minimum Gasteiger partial charge on any atom is -0.363 e. The fourth-order valence-corrected chi connectivity index (χ4v) is 1.68. The van der Waals surface area contributed by atoms with E-state index >= 15 is 0 Å². The van der Waals surface area contributed by atoms with Crippen LogP contribution in [-0.4, -0.2) is 25.7 Å². The van der Waals surface area contributed by atoms with Crippen LogP contribution in [0.15, 0.2) is 0 Å². The van der Waals surface area contributed by atoms with Crippen molar-refractivity contribution in [1.82, 2.24) is 0 Å². The molecule has 2 unspecified atom stereocenters. The Morgan fingerprint density at radius 1 is 1.00 bits per heavy atom. The van der Waals surface area contributed by atoms with Gasteiger partial charge in [-0.05, 0) is 25.7 Å². The molecule has 1 saturated carbocycles. The average Bonchev–Trinajstić information content (AvgIpc) is 2.06. The van der Waals surface area contributed by atoms with Crippen molar-refractivity contribution in [1.29, 1.82) is 0 Å². The molecule has 1 aliphatic carbocycles. The van der Waals surface area contributed by atoms with Gasteiger partial charge in [-0.1, -0.05) is 0 Å². The quantitative estimate of drug-likeness (QED) is 0.596. The molecule has 0 aliphatic heterocycles. The van der Waals surface area contributed by atoms with Crippen LogP contribution in [0, 0.1) is 0 Å². The molecule has 4 N–H and O–H groups in total. The van der Waals surface area contributed by atoms with E-state index in [1.165, 1.54) is 0 Å². The van der Waals surface area contributed by atoms with Crippen LogP contribution < -0.4 is 11.5 Å². The Morgan fingerprint density at radius 2 is 1.50 bits per heavy atom. The molecule has 0 radical (unpaired) electrons. The Kier molecular flexibility index (Phi) is 4.53. The van der Waals surface area contributed by atoms with Gasteiger partial charge in [0, 0.05) is 0 Å². The molecule has 0 aromatic heterocycles. The third kappa shape index (κ3) is 3.06. The van der Waals surface area contributed by atoms with Gasteiger partial charge in [0.2, 0.25) is 0 Å². The molecule has 1 fully saturated rings. The maximum Gasteiger partial charge on any atom is 0.0944 e. The summed E-state index contributed by atoms with van der Waals surface area (Å²) in [5, 5.41) is 0. The van der Waals surface area contributed by atoms with E-state index in [0.717, 1.165) is 25.7 Å². The second-order valence-electron chi connectivity index (χ2n) is 3.08. The average molecular weight is 174 g/mol. The van der Waals surface area contributed by atoms with Gasteiger partial charge in [-0.25, -0.2) is 0 Å². The van der Waals surface area contributed by atoms with Crippen molar-refractivity contribution in [2.75, 3.05) is 13.5 Å². The molecule has 0 aromatic rings. The van der Waals surface area contributed by atoms with Crippen molar-refractivity contribution in [2.45, 2.75) is 37.9 Å². The highest BCUT2D eigenvalue weighted by Gasteiger charge is 2.22. The summed E-state index contributed by atoms with van der Waals surface area (Å²) >= 11 is 0. The van der Waals surface area contributed by atoms with Gasteiger partial charge in [-0.3, -0.25) is 0 Å². The Bertz CT molecular complexity index is 106. The number of hydrogen-bond donors (Lipinski definition) is 2. The van der Waals surface area contributed by atoms with Gasteiger partial charge < -0.3 is 20.9 Å². The molecule has 1 rings (SSSR count). The maximum absolute atomic E-state index is 5.32. The summed E-state index contributed by atoms with van der Waals surface area (Å²) in [5.74, 6) is 0. The van der Waals surface area contributed by atoms with Gasteiger partial charge in [0.25, 0.3) is 0 Å². The second kappa shape index (κ2) is 5.48. The third-order valence-electron chi connectivity index (χ3n) is 2.24. The van der Waals surface area contributed by atoms with Gasteiger partial charge in [0.1, 0.15) is 0 Å². The number of hydrogen-bond acceptors (Lipinski definition) is 4. The van der Waals surface area contributed by atoms with Gasteiger partial charge in [-0.2, -0.15) is 0 Å². The van der Waals surface area contributed by atoms with Crippen LogP contribution in [0.2, 0.25) is 0 Å². The largest absolute Gasteiger partial charge is 0.363 e. The van der Waals surface area contributed by atoms with Crippen molar-refractivity contribution >= 4 is 0 Å². The zero-order valence-electron chi connectivity index (χ0n) is 7.37. The van der Waals surface area contributed by atoms with Crippen LogP contribution in [0.25, 0.3) is 0 Å². The highest BCUT2D eigenvalue weighted by Crippen LogP contribution is 2.22. The van der Waals surface area contributed by atoms with E-state index in [2.05, 4.69) is 0 Å². The topological polar surface area (TPSA) is 70.5 Å². The predicted molar refractivity (Wildman–Crippen MR) is 46.3 cm³/mol. The Hall–Kier alpha value is -0.160. The van der Waals surface area contributed by atoms with Gasteiger partial charge in [0.15, 0.2) is 0 Å². The van der Waals surface area contributed by atoms with E-state index in [9.17, 15) is 0 Å². The van der Waals surface area contributed by atoms with Crippen molar-refractivity contribution in [3.05, 3.63) is 0 Å². The lowest BCUT2D eigenvalue weighted by Crippen LogP contribution is -2.31. The number of nitrogens with two attached hydrogens (primary N) is 2. The monoisotopic (exact) mass is 174 g/mol. The standard InChI is InChI=1S/C8H18N2O2/c9-5-11-7-2-1-3-8(4-7)12-6-10/h7-8H,1-6,9-10H2. The summed E-state index contributed by atoms with van der Waals surface area (Å²) < 4.78 is 10.6. The smallest absolute Gasteiger partial charge is 0.0944 e. The molecule has 72 valence electrons. The molecule has 4 heteroatoms. The van der Waals surface area contributed by atoms with Crippen LogP contribution in [0.1, 0.15) is 25.7 Å². The molecule has 4 nitrogen and oxygen atoms in total. The van der Waals surface area contributed by atoms with E-state index in [1.807, 2.05) is 0 Å². The Morgan fingerprint density at radius 3 is 1.92 bits per heavy atom. The molecule has 1 aliphatic rings. The fraction of sp³-hybridized carbons (Fsp3) is 1.00. The van der Waals surface area contributed by atoms with E-state index in [-0.39, 0.29) is 12.2 Å². The third-order valence-corrected chi connectivity index (χ3v) is 2.24. The Labute approximate surface area is 73.2 Å². The van der Waals surface area contributed by atoms with E-state index < -0.39 is 0 Å². The van der Waals surface area contributed by atoms with Crippen molar-refractivity contribution in [3.8, 4) is 0 Å². The predicted octanol–water partition coefficient (Wildman–Crippen LogP) is 0.163. The minimum absolute atomic E-state index is 0.278. The summed E-state index contributed by atoms with van der Waals surface area (Å²) in [4.78, 5) is 0. The first-order valence-electron chi connectivity index (χ1n) is 4.50. The fourth-order valence-electron chi connectivity index (χ4n) is 1.68. The highest BCUT2D eigenvalue weighted by atomic mass is 16.5. The van der Waals surface area contributed by atoms with Crippen molar-refractivity contribution in [3.63, 3.8) is 0 Å². The van der Waals surface area contributed by atoms with Crippen molar-refractivity contribution in [2.24, 2.45) is 11.5 Å². The normalized spacial score (nSPS) is 30.5. The van der Waals surface area contributed by atoms with Crippen LogP contribution in [-0.2, 0) is 9.47 Å². The van der Waals surface area contributed by atoms with Gasteiger partial charge in [0.05, 0.1) is 25.7 Å². The summed E-state index contributed by atoms with van der Waals surface area (Å²) in [6.07, 6.45) is 4.84. The lowest BCUT2D eigenvalue weighted by Gasteiger charge is -2.28. The van der Waals surface area contributed by atoms with Crippen LogP contribution in [0.3, 0.4) is 0 Å². The number of ether oxygens (including phenoxy) is 2. The van der Waals surface area contributed by atoms with E-state index in [4.69, 9.17) is 20.9 Å². The first-order chi connectivity index (χ1) is 5.86. The van der Waals surface area contributed by atoms with Gasteiger partial charge >= 0.3 is 0 Å². The van der Waals surface area contributed by atoms with Crippen LogP contribution in [0.5, 0.6) is 0 Å². The van der Waals surface area contributed by atoms with E-state index in [0.29, 0.717) is 13.5 Å². The molecule has 12 heavy (non-hydrogen) atoms. The zero-order valence-corrected chi connectivity index (χ0v) is 7.37. The molecule has 0 aromatic carbocycles. The molecule has 0 bridgehead atoms. The first-order valence-corrected chi connectivity index (χ1v) is 4.50. The number of rotatable bonds is 4. The molecule has 0 amide bonds. The summed E-state index contributed by atoms with van der Waals surface area (Å²) in [6.45, 7) is 0.611. The first kappa shape index (κ1) is 9.92. The lowest BCUT2D eigenvalue weighted by atomic mass is 9.95. The van der Waals surface area contributed by atoms with Crippen molar-refractivity contribution < 1.29 is 9.47 Å². The minimum atomic E-state index is 0.278. The van der Waals surface area contributed by atoms with E-state index in [1.54, 1.807) is 0 Å². The molecule has 0 saturated heterocycles. The Balaban J connectivity index is 2.20. The molecular formula is C8H18N2O2. The summed E-state index contributed by atoms with van der Waals surface area (Å²) in [6, 6.07) is 0. The van der Waals surface area contributed by atoms with Crippen LogP contribution in [0.4, 0.5) is 0 Å². The lowest BCUT2D eigenvalue weighted by molar-refractivity contribution is -0.0414.